The van der Waals surface area contributed by atoms with Crippen molar-refractivity contribution >= 4 is 17.2 Å². The van der Waals surface area contributed by atoms with Crippen molar-refractivity contribution in [3.05, 3.63) is 56.1 Å². The molecule has 0 N–H and O–H groups in total. The number of fused-ring (bicyclic) bond motifs is 1. The van der Waals surface area contributed by atoms with Gasteiger partial charge in [-0.25, -0.2) is 0 Å². The Morgan fingerprint density at radius 2 is 2.21 bits per heavy atom. The molecule has 5 nitrogen and oxygen atoms in total. The Balaban J connectivity index is 1.87. The molecule has 1 aliphatic heterocycles. The number of ether oxygens (including phenoxy) is 1. The highest BCUT2D eigenvalue weighted by Gasteiger charge is 2.31. The lowest BCUT2D eigenvalue weighted by atomic mass is 9.97. The van der Waals surface area contributed by atoms with Crippen molar-refractivity contribution in [3.8, 4) is 0 Å². The Morgan fingerprint density at radius 1 is 1.38 bits per heavy atom. The predicted molar refractivity (Wildman–Crippen MR) is 94.7 cm³/mol. The predicted octanol–water partition coefficient (Wildman–Crippen LogP) is 2.71. The van der Waals surface area contributed by atoms with E-state index in [0.717, 1.165) is 19.4 Å². The summed E-state index contributed by atoms with van der Waals surface area (Å²) in [5.41, 5.74) is 1.71. The summed E-state index contributed by atoms with van der Waals surface area (Å²) in [6.45, 7) is 3.72. The molecule has 0 saturated carbocycles. The fraction of sp³-hybridized carbons (Fsp3) is 0.444. The van der Waals surface area contributed by atoms with Crippen LogP contribution >= 0.6 is 11.3 Å². The Bertz CT molecular complexity index is 781. The molecule has 0 spiro atoms. The number of pyridine rings is 1. The molecule has 128 valence electrons. The molecule has 0 unspecified atom stereocenters. The van der Waals surface area contributed by atoms with Crippen LogP contribution in [0.4, 0.5) is 0 Å². The van der Waals surface area contributed by atoms with Gasteiger partial charge in [-0.15, -0.1) is 11.3 Å². The zero-order valence-corrected chi connectivity index (χ0v) is 14.8. The van der Waals surface area contributed by atoms with Gasteiger partial charge >= 0.3 is 0 Å². The van der Waals surface area contributed by atoms with E-state index < -0.39 is 0 Å². The number of rotatable bonds is 5. The number of amides is 1. The molecule has 3 rings (SSSR count). The molecular weight excluding hydrogens is 324 g/mol. The van der Waals surface area contributed by atoms with Crippen LogP contribution in [0.1, 0.15) is 40.2 Å². The highest BCUT2D eigenvalue weighted by atomic mass is 32.1. The minimum Gasteiger partial charge on any atom is -0.383 e. The summed E-state index contributed by atoms with van der Waals surface area (Å²) in [7, 11) is 1.60. The van der Waals surface area contributed by atoms with Crippen molar-refractivity contribution in [2.45, 2.75) is 32.4 Å². The standard InChI is InChI=1S/C18H22N2O3S/c1-3-15-14-7-11-24-16(14)6-8-20(15)18(22)13-4-5-17(21)19(12-13)9-10-23-2/h4-5,7,11-12,15H,3,6,8-10H2,1-2H3/t15-/m1/s1. The van der Waals surface area contributed by atoms with Gasteiger partial charge in [-0.3, -0.25) is 9.59 Å². The van der Waals surface area contributed by atoms with Gasteiger partial charge in [0, 0.05) is 37.3 Å². The number of hydrogen-bond acceptors (Lipinski definition) is 4. The molecule has 2 aromatic rings. The van der Waals surface area contributed by atoms with E-state index in [1.807, 2.05) is 4.90 Å². The van der Waals surface area contributed by atoms with Crippen molar-refractivity contribution in [2.75, 3.05) is 20.3 Å². The van der Waals surface area contributed by atoms with Crippen LogP contribution < -0.4 is 5.56 Å². The van der Waals surface area contributed by atoms with Gasteiger partial charge in [-0.05, 0) is 35.9 Å². The van der Waals surface area contributed by atoms with E-state index >= 15 is 0 Å². The fourth-order valence-corrected chi connectivity index (χ4v) is 4.20. The van der Waals surface area contributed by atoms with Crippen molar-refractivity contribution in [1.82, 2.24) is 9.47 Å². The van der Waals surface area contributed by atoms with Crippen molar-refractivity contribution in [3.63, 3.8) is 0 Å². The van der Waals surface area contributed by atoms with E-state index in [4.69, 9.17) is 4.74 Å². The summed E-state index contributed by atoms with van der Waals surface area (Å²) in [5.74, 6) is -0.00938. The second kappa shape index (κ2) is 7.32. The first-order valence-corrected chi connectivity index (χ1v) is 9.10. The highest BCUT2D eigenvalue weighted by Crippen LogP contribution is 2.35. The first-order valence-electron chi connectivity index (χ1n) is 8.22. The van der Waals surface area contributed by atoms with Crippen LogP contribution in [-0.4, -0.2) is 35.6 Å². The maximum absolute atomic E-state index is 13.0. The third kappa shape index (κ3) is 3.16. The van der Waals surface area contributed by atoms with Crippen LogP contribution in [0.15, 0.2) is 34.6 Å². The number of nitrogens with zero attached hydrogens (tertiary/aromatic N) is 2. The van der Waals surface area contributed by atoms with E-state index in [0.29, 0.717) is 18.7 Å². The van der Waals surface area contributed by atoms with Crippen molar-refractivity contribution in [1.29, 1.82) is 0 Å². The minimum atomic E-state index is -0.116. The summed E-state index contributed by atoms with van der Waals surface area (Å²) >= 11 is 1.77. The zero-order valence-electron chi connectivity index (χ0n) is 14.0. The van der Waals surface area contributed by atoms with Crippen molar-refractivity contribution in [2.24, 2.45) is 0 Å². The minimum absolute atomic E-state index is 0.00938. The summed E-state index contributed by atoms with van der Waals surface area (Å²) in [6, 6.07) is 5.34. The van der Waals surface area contributed by atoms with E-state index in [1.165, 1.54) is 21.1 Å². The topological polar surface area (TPSA) is 51.5 Å². The quantitative estimate of drug-likeness (QED) is 0.836. The second-order valence-electron chi connectivity index (χ2n) is 5.91. The van der Waals surface area contributed by atoms with Gasteiger partial charge in [0.2, 0.25) is 0 Å². The first-order chi connectivity index (χ1) is 11.7. The van der Waals surface area contributed by atoms with Crippen molar-refractivity contribution < 1.29 is 9.53 Å². The molecular formula is C18H22N2O3S. The highest BCUT2D eigenvalue weighted by molar-refractivity contribution is 7.10. The molecule has 2 aromatic heterocycles. The summed E-state index contributed by atoms with van der Waals surface area (Å²) < 4.78 is 6.57. The Morgan fingerprint density at radius 3 is 2.96 bits per heavy atom. The zero-order chi connectivity index (χ0) is 17.1. The molecule has 24 heavy (non-hydrogen) atoms. The lowest BCUT2D eigenvalue weighted by Gasteiger charge is -2.35. The van der Waals surface area contributed by atoms with E-state index in [-0.39, 0.29) is 17.5 Å². The van der Waals surface area contributed by atoms with Gasteiger partial charge in [0.25, 0.3) is 11.5 Å². The monoisotopic (exact) mass is 346 g/mol. The normalized spacial score (nSPS) is 16.9. The van der Waals surface area contributed by atoms with Gasteiger partial charge < -0.3 is 14.2 Å². The van der Waals surface area contributed by atoms with Crippen LogP contribution in [-0.2, 0) is 17.7 Å². The van der Waals surface area contributed by atoms with Crippen LogP contribution in [0.3, 0.4) is 0 Å². The van der Waals surface area contributed by atoms with Gasteiger partial charge in [-0.2, -0.15) is 0 Å². The number of thiophene rings is 1. The average molecular weight is 346 g/mol. The number of carbonyl (C=O) groups excluding carboxylic acids is 1. The summed E-state index contributed by atoms with van der Waals surface area (Å²) in [6.07, 6.45) is 3.44. The fourth-order valence-electron chi connectivity index (χ4n) is 3.27. The number of methoxy groups -OCH3 is 1. The van der Waals surface area contributed by atoms with Gasteiger partial charge in [-0.1, -0.05) is 6.92 Å². The van der Waals surface area contributed by atoms with E-state index in [1.54, 1.807) is 30.7 Å². The third-order valence-electron chi connectivity index (χ3n) is 4.51. The lowest BCUT2D eigenvalue weighted by Crippen LogP contribution is -2.39. The van der Waals surface area contributed by atoms with Gasteiger partial charge in [0.05, 0.1) is 18.2 Å². The SMILES string of the molecule is CC[C@@H]1c2ccsc2CCN1C(=O)c1ccc(=O)n(CCOC)c1. The maximum Gasteiger partial charge on any atom is 0.255 e. The molecule has 1 amide bonds. The molecule has 0 fully saturated rings. The second-order valence-corrected chi connectivity index (χ2v) is 6.91. The lowest BCUT2D eigenvalue weighted by molar-refractivity contribution is 0.0656. The molecule has 1 aliphatic rings. The number of aromatic nitrogens is 1. The molecule has 1 atom stereocenters. The molecule has 3 heterocycles. The first kappa shape index (κ1) is 16.9. The smallest absolute Gasteiger partial charge is 0.255 e. The third-order valence-corrected chi connectivity index (χ3v) is 5.51. The van der Waals surface area contributed by atoms with E-state index in [9.17, 15) is 9.59 Å². The Kier molecular flexibility index (Phi) is 5.16. The molecule has 0 saturated heterocycles. The molecule has 0 aromatic carbocycles. The maximum atomic E-state index is 13.0. The van der Waals surface area contributed by atoms with E-state index in [2.05, 4.69) is 18.4 Å². The molecule has 6 heteroatoms. The van der Waals surface area contributed by atoms with Gasteiger partial charge in [0.15, 0.2) is 0 Å². The summed E-state index contributed by atoms with van der Waals surface area (Å²) in [4.78, 5) is 28.3. The van der Waals surface area contributed by atoms with Crippen LogP contribution in [0.25, 0.3) is 0 Å². The van der Waals surface area contributed by atoms with Gasteiger partial charge in [0.1, 0.15) is 0 Å². The van der Waals surface area contributed by atoms with Crippen LogP contribution in [0.5, 0.6) is 0 Å². The number of carbonyl (C=O) groups is 1. The molecule has 0 aliphatic carbocycles. The molecule has 0 radical (unpaired) electrons. The Labute approximate surface area is 145 Å². The van der Waals surface area contributed by atoms with Crippen LogP contribution in [0, 0.1) is 0 Å². The molecule has 0 bridgehead atoms. The average Bonchev–Trinajstić information content (AvgIpc) is 3.08. The number of hydrogen-bond donors (Lipinski definition) is 0. The largest absolute Gasteiger partial charge is 0.383 e. The Hall–Kier alpha value is -1.92. The summed E-state index contributed by atoms with van der Waals surface area (Å²) in [5, 5.41) is 2.10. The van der Waals surface area contributed by atoms with Crippen LogP contribution in [0.2, 0.25) is 0 Å².